The first-order chi connectivity index (χ1) is 19.3. The number of fused-ring (bicyclic) bond motifs is 1. The second kappa shape index (κ2) is 20.0. The van der Waals surface area contributed by atoms with Crippen LogP contribution in [-0.2, 0) is 91.5 Å². The van der Waals surface area contributed by atoms with Crippen molar-refractivity contribution >= 4 is 53.6 Å². The number of rotatable bonds is 6. The van der Waals surface area contributed by atoms with Gasteiger partial charge in [0, 0.05) is 53.6 Å². The van der Waals surface area contributed by atoms with Crippen LogP contribution in [0.5, 0.6) is 0 Å². The van der Waals surface area contributed by atoms with Crippen molar-refractivity contribution in [2.24, 2.45) is 0 Å². The summed E-state index contributed by atoms with van der Waals surface area (Å²) in [5.41, 5.74) is 0. The fraction of sp³-hybridized carbons (Fsp3) is 0.846. The van der Waals surface area contributed by atoms with Crippen LogP contribution in [0.2, 0.25) is 0 Å². The van der Waals surface area contributed by atoms with E-state index in [9.17, 15) is 10.2 Å². The third-order valence-electron chi connectivity index (χ3n) is 6.25. The quantitative estimate of drug-likeness (QED) is 0.327. The molecule has 0 amide bonds. The van der Waals surface area contributed by atoms with Crippen molar-refractivity contribution in [1.29, 1.82) is 0 Å². The zero-order valence-corrected chi connectivity index (χ0v) is 27.5. The van der Waals surface area contributed by atoms with Gasteiger partial charge in [0.1, 0.15) is 62.0 Å². The Morgan fingerprint density at radius 2 is 1.43 bits per heavy atom. The van der Waals surface area contributed by atoms with Crippen molar-refractivity contribution in [1.82, 2.24) is 0 Å². The summed E-state index contributed by atoms with van der Waals surface area (Å²) < 4.78 is 45.1. The van der Waals surface area contributed by atoms with Crippen molar-refractivity contribution in [3.63, 3.8) is 0 Å². The molecule has 3 N–H and O–H groups in total. The SMILES string of the molecule is C.C#CCOC1C(O)C(C)OC(CO)C1O.C#CCO[C@@H]1[C@@H]2OC(C)(C)O[C@H]2O[C@@H]1[C@@H]1COC(C)(C)O1.S=S.S=S=S. The molecule has 4 rings (SSSR count). The van der Waals surface area contributed by atoms with Crippen LogP contribution in [0.15, 0.2) is 0 Å². The average molecular weight is 691 g/mol. The molecule has 0 saturated carbocycles. The highest BCUT2D eigenvalue weighted by Gasteiger charge is 2.58. The molecule has 16 heteroatoms. The van der Waals surface area contributed by atoms with Gasteiger partial charge in [0.15, 0.2) is 17.9 Å². The maximum absolute atomic E-state index is 9.70. The molecule has 4 heterocycles. The van der Waals surface area contributed by atoms with Crippen molar-refractivity contribution < 1.29 is 53.2 Å². The van der Waals surface area contributed by atoms with Gasteiger partial charge in [-0.2, -0.15) is 0 Å². The summed E-state index contributed by atoms with van der Waals surface area (Å²) in [4.78, 5) is 0. The first-order valence-electron chi connectivity index (χ1n) is 12.5. The molecule has 0 radical (unpaired) electrons. The summed E-state index contributed by atoms with van der Waals surface area (Å²) >= 11 is 15.6. The molecule has 0 aromatic heterocycles. The number of terminal acetylenes is 2. The van der Waals surface area contributed by atoms with Gasteiger partial charge in [0.25, 0.3) is 0 Å². The average Bonchev–Trinajstić information content (AvgIpc) is 3.55. The van der Waals surface area contributed by atoms with Crippen LogP contribution in [0.3, 0.4) is 0 Å². The first-order valence-corrected chi connectivity index (χ1v) is 16.5. The molecule has 10 atom stereocenters. The molecule has 0 aromatic carbocycles. The Hall–Kier alpha value is -0.220. The molecule has 11 nitrogen and oxygen atoms in total. The Bertz CT molecular complexity index is 921. The van der Waals surface area contributed by atoms with E-state index >= 15 is 0 Å². The van der Waals surface area contributed by atoms with E-state index in [1.54, 1.807) is 6.92 Å². The molecular formula is C26H42O11S5. The Morgan fingerprint density at radius 1 is 0.881 bits per heavy atom. The maximum Gasteiger partial charge on any atom is 0.190 e. The molecule has 0 bridgehead atoms. The summed E-state index contributed by atoms with van der Waals surface area (Å²) in [6.07, 6.45) is 4.54. The normalized spacial score (nSPS) is 36.9. The lowest BCUT2D eigenvalue weighted by Crippen LogP contribution is -2.58. The monoisotopic (exact) mass is 690 g/mol. The van der Waals surface area contributed by atoms with Crippen molar-refractivity contribution in [3.05, 3.63) is 0 Å². The van der Waals surface area contributed by atoms with Crippen molar-refractivity contribution in [2.75, 3.05) is 26.4 Å². The van der Waals surface area contributed by atoms with E-state index in [0.717, 1.165) is 8.88 Å². The number of ether oxygens (including phenoxy) is 8. The Balaban J connectivity index is 0.000000708. The topological polar surface area (TPSA) is 135 Å². The van der Waals surface area contributed by atoms with Gasteiger partial charge in [-0.3, -0.25) is 0 Å². The predicted molar refractivity (Wildman–Crippen MR) is 168 cm³/mol. The molecular weight excluding hydrogens is 649 g/mol. The predicted octanol–water partition coefficient (Wildman–Crippen LogP) is 0.163. The molecule has 4 aliphatic rings. The molecule has 242 valence electrons. The minimum Gasteiger partial charge on any atom is -0.394 e. The second-order valence-electron chi connectivity index (χ2n) is 10.0. The molecule has 4 aliphatic heterocycles. The largest absolute Gasteiger partial charge is 0.394 e. The zero-order chi connectivity index (χ0) is 31.4. The van der Waals surface area contributed by atoms with Crippen molar-refractivity contribution in [3.8, 4) is 24.7 Å². The summed E-state index contributed by atoms with van der Waals surface area (Å²) in [6, 6.07) is 0. The highest BCUT2D eigenvalue weighted by molar-refractivity contribution is 8.37. The number of aliphatic hydroxyl groups excluding tert-OH is 3. The zero-order valence-electron chi connectivity index (χ0n) is 23.4. The van der Waals surface area contributed by atoms with Crippen LogP contribution in [0, 0.1) is 24.7 Å². The van der Waals surface area contributed by atoms with E-state index in [-0.39, 0.29) is 51.7 Å². The molecule has 0 aliphatic carbocycles. The molecule has 0 spiro atoms. The summed E-state index contributed by atoms with van der Waals surface area (Å²) in [6.45, 7) is 9.39. The van der Waals surface area contributed by atoms with Crippen LogP contribution in [0.1, 0.15) is 42.0 Å². The first kappa shape index (κ1) is 41.8. The van der Waals surface area contributed by atoms with E-state index < -0.39 is 48.4 Å². The fourth-order valence-corrected chi connectivity index (χ4v) is 4.62. The van der Waals surface area contributed by atoms with Crippen LogP contribution in [0.25, 0.3) is 0 Å². The fourth-order valence-electron chi connectivity index (χ4n) is 4.62. The lowest BCUT2D eigenvalue weighted by molar-refractivity contribution is -0.235. The van der Waals surface area contributed by atoms with Gasteiger partial charge in [-0.1, -0.05) is 19.3 Å². The van der Waals surface area contributed by atoms with E-state index in [1.807, 2.05) is 27.7 Å². The third kappa shape index (κ3) is 11.9. The van der Waals surface area contributed by atoms with E-state index in [2.05, 4.69) is 56.6 Å². The molecule has 4 saturated heterocycles. The number of hydrogen-bond acceptors (Lipinski definition) is 15. The summed E-state index contributed by atoms with van der Waals surface area (Å²) in [7, 11) is 0.917. The maximum atomic E-state index is 9.70. The number of aliphatic hydroxyl groups is 3. The van der Waals surface area contributed by atoms with E-state index in [4.69, 9.17) is 55.8 Å². The van der Waals surface area contributed by atoms with Crippen LogP contribution in [-0.4, -0.2) is 115 Å². The Morgan fingerprint density at radius 3 is 1.90 bits per heavy atom. The van der Waals surface area contributed by atoms with Gasteiger partial charge in [-0.25, -0.2) is 0 Å². The minimum absolute atomic E-state index is 0. The van der Waals surface area contributed by atoms with Gasteiger partial charge in [-0.15, -0.1) is 12.8 Å². The third-order valence-corrected chi connectivity index (χ3v) is 6.25. The summed E-state index contributed by atoms with van der Waals surface area (Å²) in [5, 5.41) is 28.3. The molecule has 0 aromatic rings. The second-order valence-corrected chi connectivity index (χ2v) is 11.8. The van der Waals surface area contributed by atoms with Crippen LogP contribution < -0.4 is 0 Å². The van der Waals surface area contributed by atoms with Gasteiger partial charge in [-0.05, 0) is 34.6 Å². The van der Waals surface area contributed by atoms with Gasteiger partial charge in [0.05, 0.1) is 19.3 Å². The van der Waals surface area contributed by atoms with Gasteiger partial charge >= 0.3 is 0 Å². The van der Waals surface area contributed by atoms with E-state index in [1.165, 1.54) is 0 Å². The number of hydrogen-bond donors (Lipinski definition) is 3. The van der Waals surface area contributed by atoms with Gasteiger partial charge < -0.3 is 53.2 Å². The Kier molecular flexibility index (Phi) is 19.9. The smallest absolute Gasteiger partial charge is 0.190 e. The lowest BCUT2D eigenvalue weighted by Gasteiger charge is -2.40. The highest BCUT2D eigenvalue weighted by Crippen LogP contribution is 2.41. The van der Waals surface area contributed by atoms with E-state index in [0.29, 0.717) is 6.61 Å². The lowest BCUT2D eigenvalue weighted by atomic mass is 9.96. The molecule has 42 heavy (non-hydrogen) atoms. The van der Waals surface area contributed by atoms with Crippen LogP contribution in [0.4, 0.5) is 0 Å². The molecule has 5 unspecified atom stereocenters. The summed E-state index contributed by atoms with van der Waals surface area (Å²) in [5.74, 6) is 3.42. The molecule has 4 fully saturated rings. The highest BCUT2D eigenvalue weighted by atomic mass is 33.1. The van der Waals surface area contributed by atoms with Gasteiger partial charge in [0.2, 0.25) is 0 Å². The van der Waals surface area contributed by atoms with Crippen LogP contribution >= 0.6 is 0 Å². The Labute approximate surface area is 271 Å². The standard InChI is InChI=1S/C15H22O6.C10H16O5.CH4.S3.S2/c1-6-7-16-11-10(9-8-17-14(2,3)19-9)18-13-12(11)20-15(4,5)21-13;1-3-4-14-10-8(12)6(2)15-7(5-11)9(10)13;;1-3-2;1-2/h1,9-13H,7-8H2,2-5H3;1,6-13H,4-5H2,2H3;1H4;;/t9-,10+,11-,12-,13+;;;;/m0..../s1. The van der Waals surface area contributed by atoms with Crippen molar-refractivity contribution in [2.45, 2.75) is 115 Å². The minimum atomic E-state index is -1.07.